The van der Waals surface area contributed by atoms with Crippen LogP contribution in [0.25, 0.3) is 0 Å². The van der Waals surface area contributed by atoms with Crippen molar-refractivity contribution in [2.75, 3.05) is 10.6 Å². The van der Waals surface area contributed by atoms with Gasteiger partial charge in [0.2, 0.25) is 11.8 Å². The van der Waals surface area contributed by atoms with Crippen LogP contribution in [-0.2, 0) is 9.59 Å². The average molecular weight is 399 g/mol. The molecule has 0 radical (unpaired) electrons. The zero-order valence-corrected chi connectivity index (χ0v) is 16.2. The molecule has 1 fully saturated rings. The maximum atomic E-state index is 12.6. The molecule has 2 aromatic rings. The molecule has 0 aromatic heterocycles. The summed E-state index contributed by atoms with van der Waals surface area (Å²) in [7, 11) is 0. The molecule has 1 unspecified atom stereocenters. The minimum atomic E-state index is -0.481. The Balaban J connectivity index is 1.61. The second-order valence-electron chi connectivity index (χ2n) is 6.60. The Morgan fingerprint density at radius 2 is 1.86 bits per heavy atom. The van der Waals surface area contributed by atoms with Crippen molar-refractivity contribution in [2.24, 2.45) is 5.92 Å². The number of nitrogens with one attached hydrogen (secondary N) is 2. The number of hydrogen-bond donors (Lipinski definition) is 2. The lowest BCUT2D eigenvalue weighted by molar-refractivity contribution is -0.384. The van der Waals surface area contributed by atoms with E-state index in [1.807, 2.05) is 31.2 Å². The molecule has 7 nitrogen and oxygen atoms in total. The van der Waals surface area contributed by atoms with E-state index in [0.717, 1.165) is 23.4 Å². The van der Waals surface area contributed by atoms with Crippen molar-refractivity contribution in [3.05, 3.63) is 58.6 Å². The molecule has 0 bridgehead atoms. The fraction of sp³-hybridized carbons (Fsp3) is 0.300. The van der Waals surface area contributed by atoms with Gasteiger partial charge in [0.05, 0.1) is 10.2 Å². The lowest BCUT2D eigenvalue weighted by Gasteiger charge is -2.15. The van der Waals surface area contributed by atoms with Crippen LogP contribution in [0.15, 0.2) is 53.4 Å². The molecule has 1 aliphatic carbocycles. The summed E-state index contributed by atoms with van der Waals surface area (Å²) in [5.41, 5.74) is 1.22. The maximum absolute atomic E-state index is 12.6. The minimum absolute atomic E-state index is 0.0236. The van der Waals surface area contributed by atoms with Crippen LogP contribution in [0.5, 0.6) is 0 Å². The molecule has 2 aromatic carbocycles. The monoisotopic (exact) mass is 399 g/mol. The molecule has 146 valence electrons. The summed E-state index contributed by atoms with van der Waals surface area (Å²) in [4.78, 5) is 35.6. The Hall–Kier alpha value is -2.87. The van der Waals surface area contributed by atoms with E-state index in [0.29, 0.717) is 12.1 Å². The number of rotatable bonds is 8. The normalized spacial score (nSPS) is 14.2. The van der Waals surface area contributed by atoms with Gasteiger partial charge in [-0.05, 0) is 49.6 Å². The molecule has 0 aliphatic heterocycles. The van der Waals surface area contributed by atoms with E-state index in [-0.39, 0.29) is 28.7 Å². The van der Waals surface area contributed by atoms with Gasteiger partial charge >= 0.3 is 0 Å². The Kier molecular flexibility index (Phi) is 6.30. The van der Waals surface area contributed by atoms with Crippen LogP contribution in [-0.4, -0.2) is 22.0 Å². The third kappa shape index (κ3) is 5.32. The minimum Gasteiger partial charge on any atom is -0.326 e. The Morgan fingerprint density at radius 1 is 1.14 bits per heavy atom. The molecule has 0 heterocycles. The molecule has 0 spiro atoms. The van der Waals surface area contributed by atoms with Crippen molar-refractivity contribution in [3.8, 4) is 0 Å². The largest absolute Gasteiger partial charge is 0.326 e. The van der Waals surface area contributed by atoms with Crippen LogP contribution < -0.4 is 10.6 Å². The third-order valence-corrected chi connectivity index (χ3v) is 5.69. The van der Waals surface area contributed by atoms with E-state index in [1.54, 1.807) is 0 Å². The molecule has 2 amide bonds. The first-order valence-corrected chi connectivity index (χ1v) is 9.97. The lowest BCUT2D eigenvalue weighted by atomic mass is 10.2. The molecule has 3 rings (SSSR count). The molecule has 28 heavy (non-hydrogen) atoms. The summed E-state index contributed by atoms with van der Waals surface area (Å²) in [5, 5.41) is 16.1. The Labute approximate surface area is 167 Å². The molecule has 8 heteroatoms. The van der Waals surface area contributed by atoms with Crippen LogP contribution in [0.2, 0.25) is 0 Å². The number of nitrogens with zero attached hydrogens (tertiary/aromatic N) is 1. The number of anilines is 2. The predicted molar refractivity (Wildman–Crippen MR) is 109 cm³/mol. The summed E-state index contributed by atoms with van der Waals surface area (Å²) >= 11 is 1.42. The fourth-order valence-corrected chi connectivity index (χ4v) is 3.63. The first-order chi connectivity index (χ1) is 13.5. The summed E-state index contributed by atoms with van der Waals surface area (Å²) < 4.78 is 0. The molecule has 1 aliphatic rings. The highest BCUT2D eigenvalue weighted by atomic mass is 32.2. The smallest absolute Gasteiger partial charge is 0.269 e. The summed E-state index contributed by atoms with van der Waals surface area (Å²) in [6.45, 7) is 1.92. The van der Waals surface area contributed by atoms with Crippen LogP contribution in [0.3, 0.4) is 0 Å². The molecule has 2 N–H and O–H groups in total. The van der Waals surface area contributed by atoms with Gasteiger partial charge in [0.15, 0.2) is 0 Å². The number of non-ortho nitro benzene ring substituents is 1. The van der Waals surface area contributed by atoms with E-state index in [9.17, 15) is 19.7 Å². The molecule has 0 saturated heterocycles. The second-order valence-corrected chi connectivity index (χ2v) is 7.88. The van der Waals surface area contributed by atoms with E-state index in [4.69, 9.17) is 0 Å². The zero-order chi connectivity index (χ0) is 20.1. The number of hydrogen-bond acceptors (Lipinski definition) is 5. The van der Waals surface area contributed by atoms with Crippen molar-refractivity contribution in [3.63, 3.8) is 0 Å². The van der Waals surface area contributed by atoms with Crippen LogP contribution in [0.4, 0.5) is 17.1 Å². The third-order valence-electron chi connectivity index (χ3n) is 4.34. The van der Waals surface area contributed by atoms with Crippen molar-refractivity contribution < 1.29 is 14.5 Å². The average Bonchev–Trinajstić information content (AvgIpc) is 3.52. The van der Waals surface area contributed by atoms with E-state index < -0.39 is 4.92 Å². The van der Waals surface area contributed by atoms with Gasteiger partial charge in [-0.3, -0.25) is 19.7 Å². The summed E-state index contributed by atoms with van der Waals surface area (Å²) in [5.74, 6) is 0.00560. The van der Waals surface area contributed by atoms with E-state index in [1.165, 1.54) is 36.0 Å². The summed E-state index contributed by atoms with van der Waals surface area (Å²) in [6, 6.07) is 13.2. The fourth-order valence-electron chi connectivity index (χ4n) is 2.61. The van der Waals surface area contributed by atoms with Gasteiger partial charge in [0.25, 0.3) is 5.69 Å². The van der Waals surface area contributed by atoms with Crippen molar-refractivity contribution >= 4 is 40.6 Å². The molecule has 1 atom stereocenters. The van der Waals surface area contributed by atoms with Gasteiger partial charge in [-0.2, -0.15) is 0 Å². The van der Waals surface area contributed by atoms with E-state index in [2.05, 4.69) is 10.6 Å². The van der Waals surface area contributed by atoms with E-state index >= 15 is 0 Å². The number of thioether (sulfide) groups is 1. The highest BCUT2D eigenvalue weighted by molar-refractivity contribution is 8.00. The number of nitro benzene ring substituents is 1. The number of amides is 2. The van der Waals surface area contributed by atoms with Crippen molar-refractivity contribution in [1.29, 1.82) is 0 Å². The van der Waals surface area contributed by atoms with Gasteiger partial charge in [-0.1, -0.05) is 13.0 Å². The molecule has 1 saturated carbocycles. The van der Waals surface area contributed by atoms with Crippen LogP contribution in [0, 0.1) is 16.0 Å². The predicted octanol–water partition coefficient (Wildman–Crippen LogP) is 4.45. The first-order valence-electron chi connectivity index (χ1n) is 9.09. The van der Waals surface area contributed by atoms with Gasteiger partial charge in [-0.15, -0.1) is 11.8 Å². The topological polar surface area (TPSA) is 101 Å². The van der Waals surface area contributed by atoms with Crippen LogP contribution in [0.1, 0.15) is 26.2 Å². The molecular formula is C20H21N3O4S. The standard InChI is InChI=1S/C20H21N3O4S/c1-2-18(20(25)21-14-8-10-16(11-9-14)23(26)27)28-17-5-3-4-15(12-17)22-19(24)13-6-7-13/h3-5,8-13,18H,2,6-7H2,1H3,(H,21,25)(H,22,24). The van der Waals surface area contributed by atoms with Gasteiger partial charge in [0.1, 0.15) is 0 Å². The van der Waals surface area contributed by atoms with Gasteiger partial charge in [0, 0.05) is 34.3 Å². The number of carbonyl (C=O) groups excluding carboxylic acids is 2. The Morgan fingerprint density at radius 3 is 2.46 bits per heavy atom. The summed E-state index contributed by atoms with van der Waals surface area (Å²) in [6.07, 6.45) is 2.50. The van der Waals surface area contributed by atoms with Gasteiger partial charge < -0.3 is 10.6 Å². The highest BCUT2D eigenvalue weighted by Crippen LogP contribution is 2.32. The Bertz CT molecular complexity index is 881. The quantitative estimate of drug-likeness (QED) is 0.388. The van der Waals surface area contributed by atoms with Crippen molar-refractivity contribution in [1.82, 2.24) is 0 Å². The SMILES string of the molecule is CCC(Sc1cccc(NC(=O)C2CC2)c1)C(=O)Nc1ccc([N+](=O)[O-])cc1. The number of nitro groups is 1. The van der Waals surface area contributed by atoms with Crippen LogP contribution >= 0.6 is 11.8 Å². The lowest BCUT2D eigenvalue weighted by Crippen LogP contribution is -2.24. The maximum Gasteiger partial charge on any atom is 0.269 e. The second kappa shape index (κ2) is 8.88. The van der Waals surface area contributed by atoms with Crippen molar-refractivity contribution in [2.45, 2.75) is 36.3 Å². The first kappa shape index (κ1) is 19.9. The number of carbonyl (C=O) groups is 2. The number of benzene rings is 2. The highest BCUT2D eigenvalue weighted by Gasteiger charge is 2.29. The molecular weight excluding hydrogens is 378 g/mol. The van der Waals surface area contributed by atoms with Gasteiger partial charge in [-0.25, -0.2) is 0 Å². The zero-order valence-electron chi connectivity index (χ0n) is 15.4.